The van der Waals surface area contributed by atoms with E-state index in [1.54, 1.807) is 36.4 Å². The first-order valence-electron chi connectivity index (χ1n) is 10.1. The molecule has 1 aromatic heterocycles. The Balaban J connectivity index is 1.79. The number of aromatic hydroxyl groups is 1. The molecule has 1 unspecified atom stereocenters. The largest absolute Gasteiger partial charge is 0.508 e. The number of ether oxygens (including phenoxy) is 1. The van der Waals surface area contributed by atoms with Gasteiger partial charge in [0.15, 0.2) is 0 Å². The van der Waals surface area contributed by atoms with Crippen LogP contribution in [0.3, 0.4) is 0 Å². The van der Waals surface area contributed by atoms with Crippen molar-refractivity contribution in [2.45, 2.75) is 12.6 Å². The summed E-state index contributed by atoms with van der Waals surface area (Å²) in [4.78, 5) is 43.0. The van der Waals surface area contributed by atoms with Crippen molar-refractivity contribution in [1.82, 2.24) is 9.88 Å². The predicted octanol–water partition coefficient (Wildman–Crippen LogP) is 3.20. The van der Waals surface area contributed by atoms with E-state index in [-0.39, 0.29) is 23.6 Å². The average Bonchev–Trinajstić information content (AvgIpc) is 3.09. The van der Waals surface area contributed by atoms with E-state index in [0.29, 0.717) is 22.3 Å². The molecule has 1 aliphatic rings. The Bertz CT molecular complexity index is 1250. The molecule has 33 heavy (non-hydrogen) atoms. The number of ketones is 1. The molecule has 0 radical (unpaired) electrons. The molecule has 1 fully saturated rings. The number of carbonyl (C=O) groups excluding carboxylic acids is 3. The Labute approximate surface area is 189 Å². The van der Waals surface area contributed by atoms with Gasteiger partial charge in [0.05, 0.1) is 24.3 Å². The zero-order valence-corrected chi connectivity index (χ0v) is 17.6. The number of hydrogen-bond acceptors (Lipinski definition) is 7. The molecule has 2 aromatic carbocycles. The monoisotopic (exact) mass is 444 g/mol. The molecule has 0 aliphatic carbocycles. The second-order valence-corrected chi connectivity index (χ2v) is 7.45. The minimum absolute atomic E-state index is 0.0376. The first-order chi connectivity index (χ1) is 15.9. The van der Waals surface area contributed by atoms with Crippen LogP contribution in [0.2, 0.25) is 0 Å². The van der Waals surface area contributed by atoms with Gasteiger partial charge in [-0.05, 0) is 47.5 Å². The SMILES string of the molecule is COC(=O)c1ccc(CN2C(=O)C(=O)/C(=C(/O)c3ccncc3)C2c2cccc(O)c2)cc1. The number of amides is 1. The molecule has 1 aliphatic heterocycles. The van der Waals surface area contributed by atoms with Gasteiger partial charge in [-0.15, -0.1) is 0 Å². The lowest BCUT2D eigenvalue weighted by molar-refractivity contribution is -0.140. The molecule has 2 heterocycles. The zero-order chi connectivity index (χ0) is 23.5. The van der Waals surface area contributed by atoms with Gasteiger partial charge < -0.3 is 19.8 Å². The molecule has 166 valence electrons. The van der Waals surface area contributed by atoms with E-state index in [2.05, 4.69) is 4.98 Å². The average molecular weight is 444 g/mol. The third-order valence-electron chi connectivity index (χ3n) is 5.41. The highest BCUT2D eigenvalue weighted by molar-refractivity contribution is 6.46. The third kappa shape index (κ3) is 4.18. The van der Waals surface area contributed by atoms with Crippen LogP contribution in [-0.2, 0) is 20.9 Å². The molecule has 8 heteroatoms. The van der Waals surface area contributed by atoms with Gasteiger partial charge in [-0.1, -0.05) is 24.3 Å². The van der Waals surface area contributed by atoms with Crippen molar-refractivity contribution < 1.29 is 29.3 Å². The highest BCUT2D eigenvalue weighted by atomic mass is 16.5. The van der Waals surface area contributed by atoms with Crippen molar-refractivity contribution in [3.63, 3.8) is 0 Å². The minimum atomic E-state index is -0.925. The molecule has 3 aromatic rings. The van der Waals surface area contributed by atoms with Crippen LogP contribution in [-0.4, -0.2) is 44.9 Å². The molecule has 2 N–H and O–H groups in total. The lowest BCUT2D eigenvalue weighted by Gasteiger charge is -2.25. The summed E-state index contributed by atoms with van der Waals surface area (Å²) in [5.74, 6) is -2.46. The number of aliphatic hydroxyl groups excluding tert-OH is 1. The Hall–Kier alpha value is -4.46. The van der Waals surface area contributed by atoms with Crippen molar-refractivity contribution >= 4 is 23.4 Å². The van der Waals surface area contributed by atoms with Gasteiger partial charge >= 0.3 is 5.97 Å². The number of methoxy groups -OCH3 is 1. The minimum Gasteiger partial charge on any atom is -0.508 e. The van der Waals surface area contributed by atoms with E-state index >= 15 is 0 Å². The van der Waals surface area contributed by atoms with Gasteiger partial charge in [-0.3, -0.25) is 14.6 Å². The zero-order valence-electron chi connectivity index (χ0n) is 17.6. The number of hydrogen-bond donors (Lipinski definition) is 2. The first-order valence-corrected chi connectivity index (χ1v) is 10.1. The number of Topliss-reactive ketones (excluding diaryl/α,β-unsaturated/α-hetero) is 1. The molecule has 0 saturated carbocycles. The van der Waals surface area contributed by atoms with E-state index in [1.165, 1.54) is 48.7 Å². The van der Waals surface area contributed by atoms with Gasteiger partial charge in [-0.2, -0.15) is 0 Å². The number of nitrogens with zero attached hydrogens (tertiary/aromatic N) is 2. The number of rotatable bonds is 5. The van der Waals surface area contributed by atoms with E-state index in [1.807, 2.05) is 0 Å². The maximum Gasteiger partial charge on any atom is 0.337 e. The summed E-state index contributed by atoms with van der Waals surface area (Å²) in [6.45, 7) is 0.0411. The van der Waals surface area contributed by atoms with Crippen LogP contribution in [0.4, 0.5) is 0 Å². The number of esters is 1. The van der Waals surface area contributed by atoms with Crippen LogP contribution in [0.1, 0.15) is 33.1 Å². The quantitative estimate of drug-likeness (QED) is 0.269. The van der Waals surface area contributed by atoms with Gasteiger partial charge in [0.2, 0.25) is 0 Å². The molecule has 4 rings (SSSR count). The summed E-state index contributed by atoms with van der Waals surface area (Å²) in [7, 11) is 1.29. The Morgan fingerprint density at radius 1 is 1.03 bits per heavy atom. The molecular formula is C25H20N2O6. The molecule has 8 nitrogen and oxygen atoms in total. The number of likely N-dealkylation sites (tertiary alicyclic amines) is 1. The standard InChI is InChI=1S/C25H20N2O6/c1-33-25(32)17-7-5-15(6-8-17)14-27-21(18-3-2-4-19(28)13-18)20(23(30)24(27)31)22(29)16-9-11-26-12-10-16/h2-13,21,28-29H,14H2,1H3/b22-20+. The fraction of sp³-hybridized carbons (Fsp3) is 0.120. The lowest BCUT2D eigenvalue weighted by Crippen LogP contribution is -2.29. The number of benzene rings is 2. The second kappa shape index (κ2) is 8.96. The van der Waals surface area contributed by atoms with Crippen molar-refractivity contribution in [3.05, 3.63) is 101 Å². The number of phenols is 1. The highest BCUT2D eigenvalue weighted by Gasteiger charge is 2.46. The fourth-order valence-corrected chi connectivity index (χ4v) is 3.81. The van der Waals surface area contributed by atoms with Crippen molar-refractivity contribution in [3.8, 4) is 5.75 Å². The molecule has 1 atom stereocenters. The summed E-state index contributed by atoms with van der Waals surface area (Å²) >= 11 is 0. The molecule has 0 spiro atoms. The number of aromatic nitrogens is 1. The van der Waals surface area contributed by atoms with Crippen LogP contribution >= 0.6 is 0 Å². The summed E-state index contributed by atoms with van der Waals surface area (Å²) < 4.78 is 4.70. The summed E-state index contributed by atoms with van der Waals surface area (Å²) in [6, 6.07) is 14.8. The van der Waals surface area contributed by atoms with Crippen molar-refractivity contribution in [1.29, 1.82) is 0 Å². The van der Waals surface area contributed by atoms with Crippen LogP contribution in [0.25, 0.3) is 5.76 Å². The highest BCUT2D eigenvalue weighted by Crippen LogP contribution is 2.40. The number of aliphatic hydroxyl groups is 1. The molecule has 1 saturated heterocycles. The van der Waals surface area contributed by atoms with Crippen LogP contribution < -0.4 is 0 Å². The van der Waals surface area contributed by atoms with Gasteiger partial charge in [0.25, 0.3) is 11.7 Å². The van der Waals surface area contributed by atoms with Gasteiger partial charge in [0, 0.05) is 24.5 Å². The van der Waals surface area contributed by atoms with Crippen LogP contribution in [0.5, 0.6) is 5.75 Å². The smallest absolute Gasteiger partial charge is 0.337 e. The van der Waals surface area contributed by atoms with Crippen LogP contribution in [0, 0.1) is 0 Å². The fourth-order valence-electron chi connectivity index (χ4n) is 3.81. The van der Waals surface area contributed by atoms with E-state index < -0.39 is 23.7 Å². The third-order valence-corrected chi connectivity index (χ3v) is 5.41. The predicted molar refractivity (Wildman–Crippen MR) is 118 cm³/mol. The Morgan fingerprint density at radius 3 is 2.36 bits per heavy atom. The van der Waals surface area contributed by atoms with Gasteiger partial charge in [-0.25, -0.2) is 4.79 Å². The summed E-state index contributed by atoms with van der Waals surface area (Å²) in [5.41, 5.74) is 1.75. The van der Waals surface area contributed by atoms with E-state index in [9.17, 15) is 24.6 Å². The maximum absolute atomic E-state index is 13.0. The van der Waals surface area contributed by atoms with E-state index in [4.69, 9.17) is 4.74 Å². The Kier molecular flexibility index (Phi) is 5.91. The number of phenolic OH excluding ortho intramolecular Hbond substituents is 1. The first kappa shape index (κ1) is 21.8. The topological polar surface area (TPSA) is 117 Å². The summed E-state index contributed by atoms with van der Waals surface area (Å²) in [5, 5.41) is 21.0. The van der Waals surface area contributed by atoms with Gasteiger partial charge in [0.1, 0.15) is 11.5 Å². The Morgan fingerprint density at radius 2 is 1.73 bits per heavy atom. The number of pyridine rings is 1. The maximum atomic E-state index is 13.0. The molecule has 1 amide bonds. The van der Waals surface area contributed by atoms with E-state index in [0.717, 1.165) is 0 Å². The second-order valence-electron chi connectivity index (χ2n) is 7.45. The lowest BCUT2D eigenvalue weighted by atomic mass is 9.95. The van der Waals surface area contributed by atoms with Crippen molar-refractivity contribution in [2.24, 2.45) is 0 Å². The summed E-state index contributed by atoms with van der Waals surface area (Å²) in [6.07, 6.45) is 2.94. The normalized spacial score (nSPS) is 17.2. The molecular weight excluding hydrogens is 424 g/mol. The number of carbonyl (C=O) groups is 3. The molecule has 0 bridgehead atoms. The van der Waals surface area contributed by atoms with Crippen molar-refractivity contribution in [2.75, 3.05) is 7.11 Å². The van der Waals surface area contributed by atoms with Crippen LogP contribution in [0.15, 0.2) is 78.6 Å².